The number of aryl methyl sites for hydroxylation is 1. The van der Waals surface area contributed by atoms with Crippen molar-refractivity contribution in [2.24, 2.45) is 0 Å². The van der Waals surface area contributed by atoms with E-state index in [0.29, 0.717) is 16.9 Å². The minimum Gasteiger partial charge on any atom is -0.363 e. The largest absolute Gasteiger partial charge is 0.411 e. The molecule has 10 heteroatoms. The maximum Gasteiger partial charge on any atom is 0.411 e. The number of benzene rings is 1. The van der Waals surface area contributed by atoms with Crippen molar-refractivity contribution in [3.8, 4) is 22.4 Å². The molecule has 0 saturated heterocycles. The van der Waals surface area contributed by atoms with Crippen molar-refractivity contribution in [3.05, 3.63) is 88.5 Å². The van der Waals surface area contributed by atoms with Crippen LogP contribution in [0.15, 0.2) is 65.6 Å². The molecule has 0 aliphatic rings. The number of anilines is 2. The number of H-pyrrole nitrogens is 1. The molecule has 0 aliphatic carbocycles. The number of aromatic nitrogens is 6. The third kappa shape index (κ3) is 4.10. The van der Waals surface area contributed by atoms with Gasteiger partial charge in [0.05, 0.1) is 24.0 Å². The number of nitrogens with one attached hydrogen (secondary N) is 1. The molecule has 5 aromatic rings. The molecule has 0 aliphatic heterocycles. The standard InChI is InChI=1S/C25H23FN8O/c1-15-11-17(12-20(29-15)32(2)3)21-22(16-7-5-4-6-8-16)30-24(27)34-23(21)31-33(25(34)35)14-19-10-9-18(26)13-28-19/h4-13H,14H2,1-3H3,(H2,27,30)/p+1. The van der Waals surface area contributed by atoms with E-state index in [2.05, 4.69) is 20.1 Å². The van der Waals surface area contributed by atoms with Crippen molar-refractivity contribution in [2.75, 3.05) is 24.7 Å². The molecular formula is C25H24FN8O+. The molecule has 0 spiro atoms. The minimum atomic E-state index is -0.450. The predicted octanol–water partition coefficient (Wildman–Crippen LogP) is 2.58. The van der Waals surface area contributed by atoms with Gasteiger partial charge in [-0.15, -0.1) is 9.50 Å². The van der Waals surface area contributed by atoms with Gasteiger partial charge in [-0.25, -0.2) is 19.2 Å². The fourth-order valence-electron chi connectivity index (χ4n) is 4.02. The number of nitrogens with two attached hydrogens (primary N) is 1. The van der Waals surface area contributed by atoms with Crippen LogP contribution in [0.25, 0.3) is 28.0 Å². The lowest BCUT2D eigenvalue weighted by Gasteiger charge is -2.15. The maximum absolute atomic E-state index is 13.3. The van der Waals surface area contributed by atoms with E-state index in [1.165, 1.54) is 21.2 Å². The lowest BCUT2D eigenvalue weighted by molar-refractivity contribution is -0.351. The number of pyridine rings is 2. The zero-order valence-electron chi connectivity index (χ0n) is 19.5. The lowest BCUT2D eigenvalue weighted by atomic mass is 10.00. The van der Waals surface area contributed by atoms with Crippen molar-refractivity contribution in [1.29, 1.82) is 0 Å². The third-order valence-corrected chi connectivity index (χ3v) is 5.66. The normalized spacial score (nSPS) is 11.2. The molecular weight excluding hydrogens is 447 g/mol. The Labute approximate surface area is 200 Å². The first kappa shape index (κ1) is 22.2. The molecule has 0 unspecified atom stereocenters. The Balaban J connectivity index is 1.81. The molecule has 0 saturated carbocycles. The Morgan fingerprint density at radius 1 is 1.09 bits per heavy atom. The van der Waals surface area contributed by atoms with E-state index < -0.39 is 11.5 Å². The number of rotatable bonds is 5. The molecule has 0 amide bonds. The highest BCUT2D eigenvalue weighted by molar-refractivity contribution is 5.89. The van der Waals surface area contributed by atoms with Gasteiger partial charge in [0.1, 0.15) is 17.3 Å². The van der Waals surface area contributed by atoms with Crippen LogP contribution in [0.1, 0.15) is 11.4 Å². The van der Waals surface area contributed by atoms with Crippen LogP contribution in [0.3, 0.4) is 0 Å². The molecule has 0 fully saturated rings. The quantitative estimate of drug-likeness (QED) is 0.422. The first-order valence-electron chi connectivity index (χ1n) is 11.0. The molecule has 176 valence electrons. The number of nitrogens with zero attached hydrogens (tertiary/aromatic N) is 6. The molecule has 9 nitrogen and oxygen atoms in total. The molecule has 4 aromatic heterocycles. The van der Waals surface area contributed by atoms with E-state index in [4.69, 9.17) is 5.73 Å². The number of hydrogen-bond acceptors (Lipinski definition) is 6. The fourth-order valence-corrected chi connectivity index (χ4v) is 4.02. The summed E-state index contributed by atoms with van der Waals surface area (Å²) in [6.07, 6.45) is 1.11. The van der Waals surface area contributed by atoms with Crippen molar-refractivity contribution in [1.82, 2.24) is 24.1 Å². The van der Waals surface area contributed by atoms with Gasteiger partial charge in [-0.1, -0.05) is 30.3 Å². The minimum absolute atomic E-state index is 0.0681. The summed E-state index contributed by atoms with van der Waals surface area (Å²) in [7, 11) is 3.84. The van der Waals surface area contributed by atoms with Crippen LogP contribution in [0.4, 0.5) is 16.2 Å². The number of aromatic amines is 1. The molecule has 0 atom stereocenters. The second-order valence-electron chi connectivity index (χ2n) is 8.44. The number of hydrogen-bond donors (Lipinski definition) is 1. The Hall–Kier alpha value is -4.60. The Bertz CT molecular complexity index is 1590. The molecule has 1 aromatic carbocycles. The van der Waals surface area contributed by atoms with Crippen LogP contribution < -0.4 is 21.3 Å². The highest BCUT2D eigenvalue weighted by Gasteiger charge is 2.26. The van der Waals surface area contributed by atoms with E-state index in [1.807, 2.05) is 68.4 Å². The average Bonchev–Trinajstić information content (AvgIpc) is 3.16. The monoisotopic (exact) mass is 471 g/mol. The first-order valence-corrected chi connectivity index (χ1v) is 11.0. The van der Waals surface area contributed by atoms with Crippen molar-refractivity contribution in [3.63, 3.8) is 0 Å². The van der Waals surface area contributed by atoms with Crippen LogP contribution in [0.2, 0.25) is 0 Å². The van der Waals surface area contributed by atoms with Crippen molar-refractivity contribution in [2.45, 2.75) is 13.5 Å². The number of nitrogen functional groups attached to an aromatic ring is 1. The van der Waals surface area contributed by atoms with E-state index in [-0.39, 0.29) is 12.5 Å². The zero-order chi connectivity index (χ0) is 24.7. The van der Waals surface area contributed by atoms with E-state index >= 15 is 0 Å². The molecule has 0 radical (unpaired) electrons. The highest BCUT2D eigenvalue weighted by atomic mass is 19.1. The fraction of sp³-hybridized carbons (Fsp3) is 0.160. The van der Waals surface area contributed by atoms with Gasteiger partial charge in [0.15, 0.2) is 0 Å². The highest BCUT2D eigenvalue weighted by Crippen LogP contribution is 2.34. The van der Waals surface area contributed by atoms with Gasteiger partial charge in [0.2, 0.25) is 5.65 Å². The maximum atomic E-state index is 13.3. The topological polar surface area (TPSA) is 108 Å². The SMILES string of the molecule is Cc1cc(-c2c(-c3ccccc3)[nH+]c(N)n3c(=O)n(Cc4ccc(F)cn4)nc23)cc(N(C)C)n1. The summed E-state index contributed by atoms with van der Waals surface area (Å²) in [5.74, 6) is 0.463. The number of halogens is 1. The lowest BCUT2D eigenvalue weighted by Crippen LogP contribution is -2.28. The van der Waals surface area contributed by atoms with Crippen LogP contribution >= 0.6 is 0 Å². The molecule has 3 N–H and O–H groups in total. The summed E-state index contributed by atoms with van der Waals surface area (Å²) in [5, 5.41) is 4.66. The summed E-state index contributed by atoms with van der Waals surface area (Å²) in [4.78, 5) is 27.1. The van der Waals surface area contributed by atoms with E-state index in [0.717, 1.165) is 34.5 Å². The Morgan fingerprint density at radius 2 is 1.86 bits per heavy atom. The Kier molecular flexibility index (Phi) is 5.48. The molecule has 35 heavy (non-hydrogen) atoms. The van der Waals surface area contributed by atoms with Gasteiger partial charge in [0.25, 0.3) is 0 Å². The summed E-state index contributed by atoms with van der Waals surface area (Å²) in [5.41, 5.74) is 10.8. The van der Waals surface area contributed by atoms with Crippen LogP contribution in [0.5, 0.6) is 0 Å². The van der Waals surface area contributed by atoms with E-state index in [9.17, 15) is 9.18 Å². The van der Waals surface area contributed by atoms with Gasteiger partial charge in [-0.05, 0) is 36.8 Å². The van der Waals surface area contributed by atoms with Gasteiger partial charge >= 0.3 is 11.6 Å². The second-order valence-corrected chi connectivity index (χ2v) is 8.44. The first-order chi connectivity index (χ1) is 16.8. The van der Waals surface area contributed by atoms with Gasteiger partial charge in [-0.2, -0.15) is 4.68 Å². The smallest absolute Gasteiger partial charge is 0.363 e. The molecule has 4 heterocycles. The van der Waals surface area contributed by atoms with Crippen LogP contribution in [0, 0.1) is 12.7 Å². The van der Waals surface area contributed by atoms with E-state index in [1.54, 1.807) is 0 Å². The molecule has 5 rings (SSSR count). The van der Waals surface area contributed by atoms with Crippen molar-refractivity contribution < 1.29 is 9.37 Å². The summed E-state index contributed by atoms with van der Waals surface area (Å²) in [6.45, 7) is 1.99. The zero-order valence-corrected chi connectivity index (χ0v) is 19.5. The van der Waals surface area contributed by atoms with Gasteiger partial charge in [0, 0.05) is 25.4 Å². The Morgan fingerprint density at radius 3 is 2.54 bits per heavy atom. The van der Waals surface area contributed by atoms with Crippen LogP contribution in [-0.2, 0) is 6.54 Å². The predicted molar refractivity (Wildman–Crippen MR) is 131 cm³/mol. The van der Waals surface area contributed by atoms with Crippen LogP contribution in [-0.4, -0.2) is 38.2 Å². The van der Waals surface area contributed by atoms with Gasteiger partial charge < -0.3 is 4.90 Å². The summed E-state index contributed by atoms with van der Waals surface area (Å²) >= 11 is 0. The van der Waals surface area contributed by atoms with Crippen molar-refractivity contribution >= 4 is 17.4 Å². The number of fused-ring (bicyclic) bond motifs is 1. The van der Waals surface area contributed by atoms with Gasteiger partial charge in [-0.3, -0.25) is 10.7 Å². The third-order valence-electron chi connectivity index (χ3n) is 5.66. The average molecular weight is 472 g/mol. The molecule has 0 bridgehead atoms. The summed E-state index contributed by atoms with van der Waals surface area (Å²) in [6, 6.07) is 16.4. The second kappa shape index (κ2) is 8.64. The summed E-state index contributed by atoms with van der Waals surface area (Å²) < 4.78 is 15.9.